The summed E-state index contributed by atoms with van der Waals surface area (Å²) in [5.74, 6) is 0.248. The van der Waals surface area contributed by atoms with Gasteiger partial charge in [0.2, 0.25) is 5.91 Å². The molecule has 2 atom stereocenters. The number of carbonyl (C=O) groups is 1. The topological polar surface area (TPSA) is 45.2 Å². The molecule has 5 rings (SSSR count). The number of amides is 1. The molecule has 136 valence electrons. The van der Waals surface area contributed by atoms with Crippen molar-refractivity contribution in [3.63, 3.8) is 0 Å². The molecule has 27 heavy (non-hydrogen) atoms. The number of likely N-dealkylation sites (tertiary alicyclic amines) is 1. The van der Waals surface area contributed by atoms with Gasteiger partial charge in [0.05, 0.1) is 17.6 Å². The first-order valence-electron chi connectivity index (χ1n) is 9.41. The number of pyridine rings is 1. The highest BCUT2D eigenvalue weighted by atomic mass is 35.5. The van der Waals surface area contributed by atoms with Gasteiger partial charge in [-0.05, 0) is 36.6 Å². The summed E-state index contributed by atoms with van der Waals surface area (Å²) < 4.78 is 0. The lowest BCUT2D eigenvalue weighted by molar-refractivity contribution is -0.130. The number of rotatable bonds is 2. The molecule has 3 aromatic rings. The summed E-state index contributed by atoms with van der Waals surface area (Å²) in [7, 11) is 0. The van der Waals surface area contributed by atoms with Gasteiger partial charge in [-0.2, -0.15) is 0 Å². The lowest BCUT2D eigenvalue weighted by atomic mass is 9.88. The zero-order chi connectivity index (χ0) is 18.4. The predicted molar refractivity (Wildman–Crippen MR) is 108 cm³/mol. The summed E-state index contributed by atoms with van der Waals surface area (Å²) in [6, 6.07) is 18.5. The van der Waals surface area contributed by atoms with E-state index >= 15 is 0 Å². The second-order valence-corrected chi connectivity index (χ2v) is 7.65. The number of hydrogen-bond acceptors (Lipinski definition) is 3. The van der Waals surface area contributed by atoms with Gasteiger partial charge in [0.1, 0.15) is 5.15 Å². The maximum absolute atomic E-state index is 12.4. The monoisotopic (exact) mass is 377 g/mol. The zero-order valence-corrected chi connectivity index (χ0v) is 15.6. The molecular weight excluding hydrogens is 358 g/mol. The molecule has 4 nitrogen and oxygen atoms in total. The Bertz CT molecular complexity index is 1030. The maximum Gasteiger partial charge on any atom is 0.223 e. The van der Waals surface area contributed by atoms with Gasteiger partial charge in [-0.1, -0.05) is 48.0 Å². The number of aromatic nitrogens is 1. The third-order valence-electron chi connectivity index (χ3n) is 5.67. The molecule has 0 aliphatic carbocycles. The van der Waals surface area contributed by atoms with Gasteiger partial charge in [-0.25, -0.2) is 4.98 Å². The van der Waals surface area contributed by atoms with Crippen molar-refractivity contribution in [2.24, 2.45) is 0 Å². The van der Waals surface area contributed by atoms with Crippen LogP contribution in [0.1, 0.15) is 42.5 Å². The molecule has 5 heteroatoms. The van der Waals surface area contributed by atoms with Crippen LogP contribution in [0, 0.1) is 0 Å². The van der Waals surface area contributed by atoms with E-state index in [1.54, 1.807) is 0 Å². The van der Waals surface area contributed by atoms with Crippen molar-refractivity contribution in [2.75, 3.05) is 11.9 Å². The average molecular weight is 378 g/mol. The van der Waals surface area contributed by atoms with Gasteiger partial charge in [-0.3, -0.25) is 4.79 Å². The number of fused-ring (bicyclic) bond motifs is 2. The fourth-order valence-electron chi connectivity index (χ4n) is 4.37. The Balaban J connectivity index is 1.58. The van der Waals surface area contributed by atoms with Crippen LogP contribution in [0.5, 0.6) is 0 Å². The van der Waals surface area contributed by atoms with Crippen molar-refractivity contribution in [1.29, 1.82) is 0 Å². The molecule has 1 N–H and O–H groups in total. The van der Waals surface area contributed by atoms with Crippen LogP contribution in [-0.4, -0.2) is 22.3 Å². The highest BCUT2D eigenvalue weighted by Gasteiger charge is 2.36. The average Bonchev–Trinajstić information content (AvgIpc) is 3.12. The third-order valence-corrected chi connectivity index (χ3v) is 5.98. The second kappa shape index (κ2) is 6.54. The minimum atomic E-state index is 0.0166. The molecule has 0 radical (unpaired) electrons. The van der Waals surface area contributed by atoms with E-state index < -0.39 is 0 Å². The molecule has 1 aromatic heterocycles. The summed E-state index contributed by atoms with van der Waals surface area (Å²) in [6.45, 7) is 0.828. The Hall–Kier alpha value is -2.59. The molecule has 1 fully saturated rings. The van der Waals surface area contributed by atoms with Gasteiger partial charge in [0, 0.05) is 29.6 Å². The van der Waals surface area contributed by atoms with Crippen LogP contribution in [-0.2, 0) is 4.79 Å². The number of anilines is 1. The fraction of sp³-hybridized carbons (Fsp3) is 0.273. The zero-order valence-electron chi connectivity index (χ0n) is 14.9. The molecule has 1 saturated heterocycles. The molecular formula is C22H20ClN3O. The van der Waals surface area contributed by atoms with E-state index in [9.17, 15) is 4.79 Å². The van der Waals surface area contributed by atoms with Gasteiger partial charge in [0.25, 0.3) is 0 Å². The lowest BCUT2D eigenvalue weighted by Crippen LogP contribution is -2.35. The molecule has 0 spiro atoms. The minimum Gasteiger partial charge on any atom is -0.378 e. The number of benzene rings is 2. The van der Waals surface area contributed by atoms with Crippen LogP contribution in [0.3, 0.4) is 0 Å². The standard InChI is InChI=1S/C22H20ClN3O/c23-22-16(12-14-6-1-3-8-17(14)25-22)19-13-20(26-11-5-10-21(26)27)15-7-2-4-9-18(15)24-19/h1-4,6-9,12,19-20,24H,5,10-11,13H2/t19-,20+/m0/s1. The molecule has 2 aliphatic heterocycles. The summed E-state index contributed by atoms with van der Waals surface area (Å²) in [6.07, 6.45) is 2.38. The van der Waals surface area contributed by atoms with E-state index in [1.807, 2.05) is 35.2 Å². The molecule has 0 unspecified atom stereocenters. The highest BCUT2D eigenvalue weighted by molar-refractivity contribution is 6.30. The Morgan fingerprint density at radius 3 is 2.74 bits per heavy atom. The predicted octanol–water partition coefficient (Wildman–Crippen LogP) is 5.11. The minimum absolute atomic E-state index is 0.0166. The molecule has 0 saturated carbocycles. The van der Waals surface area contributed by atoms with E-state index in [2.05, 4.69) is 34.6 Å². The smallest absolute Gasteiger partial charge is 0.223 e. The fourth-order valence-corrected chi connectivity index (χ4v) is 4.64. The largest absolute Gasteiger partial charge is 0.378 e. The Kier molecular flexibility index (Phi) is 4.01. The molecule has 3 heterocycles. The lowest BCUT2D eigenvalue weighted by Gasteiger charge is -2.38. The Labute approximate surface area is 163 Å². The van der Waals surface area contributed by atoms with Gasteiger partial charge < -0.3 is 10.2 Å². The number of carbonyl (C=O) groups excluding carboxylic acids is 1. The third kappa shape index (κ3) is 2.85. The first-order chi connectivity index (χ1) is 13.2. The molecule has 0 bridgehead atoms. The van der Waals surface area contributed by atoms with Crippen molar-refractivity contribution in [1.82, 2.24) is 9.88 Å². The van der Waals surface area contributed by atoms with Crippen molar-refractivity contribution >= 4 is 34.1 Å². The number of halogens is 1. The van der Waals surface area contributed by atoms with E-state index in [-0.39, 0.29) is 18.0 Å². The number of nitrogens with zero attached hydrogens (tertiary/aromatic N) is 2. The first-order valence-corrected chi connectivity index (χ1v) is 9.78. The van der Waals surface area contributed by atoms with Crippen LogP contribution >= 0.6 is 11.6 Å². The maximum atomic E-state index is 12.4. The van der Waals surface area contributed by atoms with Crippen LogP contribution < -0.4 is 5.32 Å². The number of para-hydroxylation sites is 2. The highest BCUT2D eigenvalue weighted by Crippen LogP contribution is 2.44. The van der Waals surface area contributed by atoms with Crippen molar-refractivity contribution in [3.8, 4) is 0 Å². The summed E-state index contributed by atoms with van der Waals surface area (Å²) in [5.41, 5.74) is 4.15. The van der Waals surface area contributed by atoms with E-state index in [4.69, 9.17) is 11.6 Å². The SMILES string of the molecule is O=C1CCCN1[C@@H]1C[C@@H](c2cc3ccccc3nc2Cl)Nc2ccccc21. The van der Waals surface area contributed by atoms with E-state index in [1.165, 1.54) is 5.56 Å². The molecule has 2 aromatic carbocycles. The summed E-state index contributed by atoms with van der Waals surface area (Å²) in [4.78, 5) is 19.1. The van der Waals surface area contributed by atoms with Crippen LogP contribution in [0.15, 0.2) is 54.6 Å². The van der Waals surface area contributed by atoms with Crippen molar-refractivity contribution < 1.29 is 4.79 Å². The van der Waals surface area contributed by atoms with Crippen molar-refractivity contribution in [2.45, 2.75) is 31.3 Å². The van der Waals surface area contributed by atoms with Gasteiger partial charge >= 0.3 is 0 Å². The second-order valence-electron chi connectivity index (χ2n) is 7.29. The van der Waals surface area contributed by atoms with Crippen LogP contribution in [0.25, 0.3) is 10.9 Å². The Morgan fingerprint density at radius 1 is 1.07 bits per heavy atom. The van der Waals surface area contributed by atoms with Crippen molar-refractivity contribution in [3.05, 3.63) is 70.9 Å². The van der Waals surface area contributed by atoms with Crippen LogP contribution in [0.4, 0.5) is 5.69 Å². The normalized spacial score (nSPS) is 22.0. The van der Waals surface area contributed by atoms with E-state index in [0.717, 1.165) is 41.5 Å². The number of hydrogen-bond donors (Lipinski definition) is 1. The van der Waals surface area contributed by atoms with E-state index in [0.29, 0.717) is 11.6 Å². The first kappa shape index (κ1) is 16.6. The van der Waals surface area contributed by atoms with Gasteiger partial charge in [-0.15, -0.1) is 0 Å². The molecule has 1 amide bonds. The molecule has 2 aliphatic rings. The quantitative estimate of drug-likeness (QED) is 0.631. The number of nitrogens with one attached hydrogen (secondary N) is 1. The summed E-state index contributed by atoms with van der Waals surface area (Å²) >= 11 is 6.57. The Morgan fingerprint density at radius 2 is 1.89 bits per heavy atom. The van der Waals surface area contributed by atoms with Gasteiger partial charge in [0.15, 0.2) is 0 Å². The van der Waals surface area contributed by atoms with Crippen LogP contribution in [0.2, 0.25) is 5.15 Å². The summed E-state index contributed by atoms with van der Waals surface area (Å²) in [5, 5.41) is 5.23.